The van der Waals surface area contributed by atoms with E-state index in [1.807, 2.05) is 0 Å². The van der Waals surface area contributed by atoms with Gasteiger partial charge in [0.15, 0.2) is 0 Å². The van der Waals surface area contributed by atoms with E-state index in [1.54, 1.807) is 7.11 Å². The van der Waals surface area contributed by atoms with Crippen LogP contribution < -0.4 is 5.73 Å². The van der Waals surface area contributed by atoms with Crippen molar-refractivity contribution in [3.05, 3.63) is 0 Å². The van der Waals surface area contributed by atoms with Crippen LogP contribution in [0.3, 0.4) is 0 Å². The van der Waals surface area contributed by atoms with Gasteiger partial charge in [-0.05, 0) is 32.1 Å². The Kier molecular flexibility index (Phi) is 5.35. The molecule has 0 amide bonds. The Labute approximate surface area is 80.6 Å². The summed E-state index contributed by atoms with van der Waals surface area (Å²) >= 11 is 0. The molecule has 1 aliphatic carbocycles. The van der Waals surface area contributed by atoms with Gasteiger partial charge in [-0.1, -0.05) is 0 Å². The van der Waals surface area contributed by atoms with E-state index in [9.17, 15) is 0 Å². The number of nitrogens with two attached hydrogens (primary N) is 1. The summed E-state index contributed by atoms with van der Waals surface area (Å²) in [5, 5.41) is 0. The summed E-state index contributed by atoms with van der Waals surface area (Å²) in [6.07, 6.45) is 5.99. The first-order chi connectivity index (χ1) is 6.33. The largest absolute Gasteiger partial charge is 0.385 e. The van der Waals surface area contributed by atoms with Crippen LogP contribution in [0.15, 0.2) is 0 Å². The van der Waals surface area contributed by atoms with Crippen molar-refractivity contribution >= 4 is 0 Å². The SMILES string of the molecule is COCCCOC1CCCC(N)C1. The average molecular weight is 187 g/mol. The summed E-state index contributed by atoms with van der Waals surface area (Å²) in [4.78, 5) is 0. The summed E-state index contributed by atoms with van der Waals surface area (Å²) in [6, 6.07) is 0.362. The quantitative estimate of drug-likeness (QED) is 0.660. The molecule has 0 spiro atoms. The molecule has 3 heteroatoms. The normalized spacial score (nSPS) is 29.1. The minimum absolute atomic E-state index is 0.362. The molecule has 78 valence electrons. The Hall–Kier alpha value is -0.120. The van der Waals surface area contributed by atoms with Crippen LogP contribution in [-0.2, 0) is 9.47 Å². The summed E-state index contributed by atoms with van der Waals surface area (Å²) in [7, 11) is 1.72. The van der Waals surface area contributed by atoms with Gasteiger partial charge in [0.2, 0.25) is 0 Å². The molecular weight excluding hydrogens is 166 g/mol. The highest BCUT2D eigenvalue weighted by molar-refractivity contribution is 4.75. The number of hydrogen-bond acceptors (Lipinski definition) is 3. The van der Waals surface area contributed by atoms with Crippen molar-refractivity contribution < 1.29 is 9.47 Å². The summed E-state index contributed by atoms with van der Waals surface area (Å²) in [6.45, 7) is 1.60. The van der Waals surface area contributed by atoms with Gasteiger partial charge >= 0.3 is 0 Å². The molecule has 2 N–H and O–H groups in total. The van der Waals surface area contributed by atoms with Gasteiger partial charge in [0.1, 0.15) is 0 Å². The summed E-state index contributed by atoms with van der Waals surface area (Å²) in [5.41, 5.74) is 5.85. The zero-order valence-corrected chi connectivity index (χ0v) is 8.50. The Morgan fingerprint density at radius 3 is 2.85 bits per heavy atom. The van der Waals surface area contributed by atoms with Gasteiger partial charge in [-0.15, -0.1) is 0 Å². The Bertz CT molecular complexity index is 130. The highest BCUT2D eigenvalue weighted by Gasteiger charge is 2.18. The van der Waals surface area contributed by atoms with E-state index in [2.05, 4.69) is 0 Å². The second-order valence-electron chi connectivity index (χ2n) is 3.77. The molecular formula is C10H21NO2. The standard InChI is InChI=1S/C10H21NO2/c1-12-6-3-7-13-10-5-2-4-9(11)8-10/h9-10H,2-8,11H2,1H3. The third-order valence-electron chi connectivity index (χ3n) is 2.51. The highest BCUT2D eigenvalue weighted by atomic mass is 16.5. The van der Waals surface area contributed by atoms with Crippen LogP contribution >= 0.6 is 0 Å². The molecule has 0 aromatic heterocycles. The maximum absolute atomic E-state index is 5.85. The second-order valence-corrected chi connectivity index (χ2v) is 3.77. The molecule has 0 aromatic carbocycles. The lowest BCUT2D eigenvalue weighted by atomic mass is 9.94. The Morgan fingerprint density at radius 1 is 1.31 bits per heavy atom. The summed E-state index contributed by atoms with van der Waals surface area (Å²) in [5.74, 6) is 0. The molecule has 0 heterocycles. The first-order valence-corrected chi connectivity index (χ1v) is 5.19. The van der Waals surface area contributed by atoms with Crippen LogP contribution in [0.1, 0.15) is 32.1 Å². The molecule has 1 aliphatic rings. The molecule has 2 atom stereocenters. The van der Waals surface area contributed by atoms with Crippen LogP contribution in [0.2, 0.25) is 0 Å². The molecule has 1 fully saturated rings. The molecule has 1 saturated carbocycles. The summed E-state index contributed by atoms with van der Waals surface area (Å²) < 4.78 is 10.6. The zero-order valence-electron chi connectivity index (χ0n) is 8.50. The zero-order chi connectivity index (χ0) is 9.52. The van der Waals surface area contributed by atoms with Crippen LogP contribution in [0.4, 0.5) is 0 Å². The minimum Gasteiger partial charge on any atom is -0.385 e. The van der Waals surface area contributed by atoms with Crippen LogP contribution in [-0.4, -0.2) is 32.5 Å². The van der Waals surface area contributed by atoms with Gasteiger partial charge in [0.25, 0.3) is 0 Å². The lowest BCUT2D eigenvalue weighted by Crippen LogP contribution is -2.32. The van der Waals surface area contributed by atoms with Gasteiger partial charge in [0.05, 0.1) is 6.10 Å². The first-order valence-electron chi connectivity index (χ1n) is 5.19. The van der Waals surface area contributed by atoms with Gasteiger partial charge in [-0.25, -0.2) is 0 Å². The lowest BCUT2D eigenvalue weighted by molar-refractivity contribution is 0.0140. The van der Waals surface area contributed by atoms with Crippen molar-refractivity contribution in [2.75, 3.05) is 20.3 Å². The van der Waals surface area contributed by atoms with Gasteiger partial charge in [0, 0.05) is 26.4 Å². The fourth-order valence-electron chi connectivity index (χ4n) is 1.79. The van der Waals surface area contributed by atoms with Crippen molar-refractivity contribution in [3.8, 4) is 0 Å². The molecule has 0 saturated heterocycles. The Balaban J connectivity index is 2.00. The predicted molar refractivity (Wildman–Crippen MR) is 52.7 cm³/mol. The third kappa shape index (κ3) is 4.60. The topological polar surface area (TPSA) is 44.5 Å². The minimum atomic E-state index is 0.362. The average Bonchev–Trinajstić information content (AvgIpc) is 2.13. The maximum atomic E-state index is 5.85. The lowest BCUT2D eigenvalue weighted by Gasteiger charge is -2.26. The monoisotopic (exact) mass is 187 g/mol. The van der Waals surface area contributed by atoms with E-state index in [1.165, 1.54) is 12.8 Å². The van der Waals surface area contributed by atoms with Gasteiger partial charge < -0.3 is 15.2 Å². The smallest absolute Gasteiger partial charge is 0.0589 e. The molecule has 13 heavy (non-hydrogen) atoms. The predicted octanol–water partition coefficient (Wildman–Crippen LogP) is 1.31. The molecule has 0 radical (unpaired) electrons. The molecule has 2 unspecified atom stereocenters. The van der Waals surface area contributed by atoms with Gasteiger partial charge in [-0.3, -0.25) is 0 Å². The first kappa shape index (κ1) is 11.0. The van der Waals surface area contributed by atoms with Crippen molar-refractivity contribution in [2.24, 2.45) is 5.73 Å². The molecule has 3 nitrogen and oxygen atoms in total. The van der Waals surface area contributed by atoms with Crippen LogP contribution in [0.5, 0.6) is 0 Å². The van der Waals surface area contributed by atoms with Crippen LogP contribution in [0, 0.1) is 0 Å². The molecule has 1 rings (SSSR count). The fourth-order valence-corrected chi connectivity index (χ4v) is 1.79. The number of ether oxygens (including phenoxy) is 2. The number of methoxy groups -OCH3 is 1. The molecule has 0 aliphatic heterocycles. The molecule has 0 bridgehead atoms. The highest BCUT2D eigenvalue weighted by Crippen LogP contribution is 2.19. The van der Waals surface area contributed by atoms with Crippen molar-refractivity contribution in [2.45, 2.75) is 44.2 Å². The van der Waals surface area contributed by atoms with Crippen molar-refractivity contribution in [1.82, 2.24) is 0 Å². The number of hydrogen-bond donors (Lipinski definition) is 1. The third-order valence-corrected chi connectivity index (χ3v) is 2.51. The number of rotatable bonds is 5. The van der Waals surface area contributed by atoms with Gasteiger partial charge in [-0.2, -0.15) is 0 Å². The van der Waals surface area contributed by atoms with E-state index in [0.717, 1.165) is 32.5 Å². The second kappa shape index (κ2) is 6.35. The fraction of sp³-hybridized carbons (Fsp3) is 1.00. The van der Waals surface area contributed by atoms with E-state index in [4.69, 9.17) is 15.2 Å². The van der Waals surface area contributed by atoms with Crippen molar-refractivity contribution in [3.63, 3.8) is 0 Å². The van der Waals surface area contributed by atoms with E-state index >= 15 is 0 Å². The molecule has 0 aromatic rings. The van der Waals surface area contributed by atoms with E-state index in [0.29, 0.717) is 12.1 Å². The van der Waals surface area contributed by atoms with E-state index < -0.39 is 0 Å². The van der Waals surface area contributed by atoms with E-state index in [-0.39, 0.29) is 0 Å². The maximum Gasteiger partial charge on any atom is 0.0589 e. The van der Waals surface area contributed by atoms with Crippen molar-refractivity contribution in [1.29, 1.82) is 0 Å². The van der Waals surface area contributed by atoms with Crippen LogP contribution in [0.25, 0.3) is 0 Å². The Morgan fingerprint density at radius 2 is 2.15 bits per heavy atom.